The molecule has 0 saturated heterocycles. The predicted octanol–water partition coefficient (Wildman–Crippen LogP) is 4.00. The van der Waals surface area contributed by atoms with E-state index in [1.807, 2.05) is 32.0 Å². The molecule has 0 spiro atoms. The predicted molar refractivity (Wildman–Crippen MR) is 75.3 cm³/mol. The van der Waals surface area contributed by atoms with E-state index in [1.165, 1.54) is 12.1 Å². The molecule has 2 aromatic carbocycles. The Morgan fingerprint density at radius 1 is 1.15 bits per heavy atom. The molecule has 0 bridgehead atoms. The van der Waals surface area contributed by atoms with Crippen molar-refractivity contribution in [3.8, 4) is 5.75 Å². The second-order valence-electron chi connectivity index (χ2n) is 5.35. The van der Waals surface area contributed by atoms with Crippen molar-refractivity contribution in [1.82, 2.24) is 0 Å². The van der Waals surface area contributed by atoms with Gasteiger partial charge >= 0.3 is 0 Å². The van der Waals surface area contributed by atoms with Crippen LogP contribution < -0.4 is 4.74 Å². The quantitative estimate of drug-likeness (QED) is 0.850. The van der Waals surface area contributed by atoms with Gasteiger partial charge in [0, 0.05) is 18.1 Å². The normalized spacial score (nSPS) is 21.2. The van der Waals surface area contributed by atoms with E-state index < -0.39 is 6.10 Å². The van der Waals surface area contributed by atoms with Crippen LogP contribution in [0.5, 0.6) is 5.75 Å². The van der Waals surface area contributed by atoms with Gasteiger partial charge in [0.05, 0.1) is 6.10 Å². The minimum Gasteiger partial charge on any atom is -0.485 e. The molecule has 1 aliphatic rings. The van der Waals surface area contributed by atoms with Gasteiger partial charge in [-0.15, -0.1) is 0 Å². The summed E-state index contributed by atoms with van der Waals surface area (Å²) in [6.07, 6.45) is -0.367. The average Bonchev–Trinajstić information content (AvgIpc) is 2.38. The Labute approximate surface area is 117 Å². The molecule has 0 amide bonds. The molecule has 2 unspecified atom stereocenters. The molecule has 2 aromatic rings. The maximum Gasteiger partial charge on any atom is 0.128 e. The monoisotopic (exact) mass is 272 g/mol. The van der Waals surface area contributed by atoms with Crippen molar-refractivity contribution in [3.05, 3.63) is 64.5 Å². The molecule has 104 valence electrons. The van der Waals surface area contributed by atoms with E-state index in [4.69, 9.17) is 4.74 Å². The van der Waals surface area contributed by atoms with Crippen molar-refractivity contribution in [2.45, 2.75) is 32.5 Å². The van der Waals surface area contributed by atoms with Crippen LogP contribution in [0.4, 0.5) is 4.39 Å². The second kappa shape index (κ2) is 4.91. The van der Waals surface area contributed by atoms with Gasteiger partial charge in [0.1, 0.15) is 17.7 Å². The summed E-state index contributed by atoms with van der Waals surface area (Å²) in [5.41, 5.74) is 4.00. The molecule has 1 heterocycles. The number of aliphatic hydroxyl groups is 1. The Balaban J connectivity index is 2.03. The third-order valence-electron chi connectivity index (χ3n) is 3.91. The van der Waals surface area contributed by atoms with Gasteiger partial charge in [0.2, 0.25) is 0 Å². The van der Waals surface area contributed by atoms with Crippen LogP contribution in [0.2, 0.25) is 0 Å². The van der Waals surface area contributed by atoms with E-state index in [2.05, 4.69) is 0 Å². The number of halogens is 1. The third-order valence-corrected chi connectivity index (χ3v) is 3.91. The van der Waals surface area contributed by atoms with E-state index in [1.54, 1.807) is 6.07 Å². The molecule has 0 saturated carbocycles. The van der Waals surface area contributed by atoms with Gasteiger partial charge in [-0.05, 0) is 42.7 Å². The molecule has 3 rings (SSSR count). The van der Waals surface area contributed by atoms with Crippen molar-refractivity contribution >= 4 is 0 Å². The highest BCUT2D eigenvalue weighted by molar-refractivity contribution is 5.42. The highest BCUT2D eigenvalue weighted by atomic mass is 19.1. The summed E-state index contributed by atoms with van der Waals surface area (Å²) in [5, 5.41) is 10.3. The smallest absolute Gasteiger partial charge is 0.128 e. The van der Waals surface area contributed by atoms with Crippen molar-refractivity contribution in [2.24, 2.45) is 0 Å². The van der Waals surface area contributed by atoms with Crippen LogP contribution in [0.3, 0.4) is 0 Å². The first-order valence-corrected chi connectivity index (χ1v) is 6.76. The third kappa shape index (κ3) is 2.18. The van der Waals surface area contributed by atoms with Crippen LogP contribution in [-0.2, 0) is 0 Å². The van der Waals surface area contributed by atoms with Crippen LogP contribution in [-0.4, -0.2) is 5.11 Å². The minimum absolute atomic E-state index is 0.236. The zero-order valence-corrected chi connectivity index (χ0v) is 11.6. The van der Waals surface area contributed by atoms with Crippen molar-refractivity contribution < 1.29 is 14.2 Å². The SMILES string of the molecule is Cc1cccc(C)c1C1CC(O)c2ccc(F)cc2O1. The number of fused-ring (bicyclic) bond motifs is 1. The fourth-order valence-electron chi connectivity index (χ4n) is 2.93. The number of ether oxygens (including phenoxy) is 1. The highest BCUT2D eigenvalue weighted by Crippen LogP contribution is 2.42. The van der Waals surface area contributed by atoms with E-state index in [-0.39, 0.29) is 11.9 Å². The summed E-state index contributed by atoms with van der Waals surface area (Å²) in [6.45, 7) is 4.05. The lowest BCUT2D eigenvalue weighted by molar-refractivity contribution is 0.0648. The lowest BCUT2D eigenvalue weighted by atomic mass is 9.90. The standard InChI is InChI=1S/C17H17FO2/c1-10-4-3-5-11(2)17(10)16-9-14(19)13-7-6-12(18)8-15(13)20-16/h3-8,14,16,19H,9H2,1-2H3. The Bertz CT molecular complexity index is 631. The number of aryl methyl sites for hydroxylation is 2. The molecular weight excluding hydrogens is 255 g/mol. The summed E-state index contributed by atoms with van der Waals surface area (Å²) in [5.74, 6) is 0.0921. The van der Waals surface area contributed by atoms with E-state index in [0.29, 0.717) is 17.7 Å². The van der Waals surface area contributed by atoms with Gasteiger partial charge in [-0.2, -0.15) is 0 Å². The zero-order valence-electron chi connectivity index (χ0n) is 11.6. The molecule has 2 atom stereocenters. The molecule has 20 heavy (non-hydrogen) atoms. The minimum atomic E-state index is -0.622. The molecule has 0 aliphatic carbocycles. The first-order chi connectivity index (χ1) is 9.56. The topological polar surface area (TPSA) is 29.5 Å². The molecule has 3 heteroatoms. The van der Waals surface area contributed by atoms with Crippen LogP contribution in [0, 0.1) is 19.7 Å². The highest BCUT2D eigenvalue weighted by Gasteiger charge is 2.29. The van der Waals surface area contributed by atoms with E-state index >= 15 is 0 Å². The summed E-state index contributed by atoms with van der Waals surface area (Å²) < 4.78 is 19.3. The van der Waals surface area contributed by atoms with E-state index in [0.717, 1.165) is 16.7 Å². The summed E-state index contributed by atoms with van der Waals surface area (Å²) >= 11 is 0. The van der Waals surface area contributed by atoms with Crippen LogP contribution in [0.25, 0.3) is 0 Å². The molecule has 1 N–H and O–H groups in total. The Hall–Kier alpha value is -1.87. The van der Waals surface area contributed by atoms with Gasteiger partial charge in [-0.25, -0.2) is 4.39 Å². The number of hydrogen-bond donors (Lipinski definition) is 1. The van der Waals surface area contributed by atoms with E-state index in [9.17, 15) is 9.50 Å². The first-order valence-electron chi connectivity index (χ1n) is 6.76. The summed E-state index contributed by atoms with van der Waals surface area (Å²) in [7, 11) is 0. The van der Waals surface area contributed by atoms with Gasteiger partial charge in [0.15, 0.2) is 0 Å². The van der Waals surface area contributed by atoms with Crippen molar-refractivity contribution in [2.75, 3.05) is 0 Å². The fraction of sp³-hybridized carbons (Fsp3) is 0.294. The fourth-order valence-corrected chi connectivity index (χ4v) is 2.93. The maximum absolute atomic E-state index is 13.3. The van der Waals surface area contributed by atoms with Crippen molar-refractivity contribution in [3.63, 3.8) is 0 Å². The lowest BCUT2D eigenvalue weighted by Gasteiger charge is -2.31. The number of aliphatic hydroxyl groups excluding tert-OH is 1. The number of benzene rings is 2. The summed E-state index contributed by atoms with van der Waals surface area (Å²) in [6, 6.07) is 10.3. The van der Waals surface area contributed by atoms with Gasteiger partial charge in [0.25, 0.3) is 0 Å². The molecular formula is C17H17FO2. The number of rotatable bonds is 1. The van der Waals surface area contributed by atoms with Crippen LogP contribution in [0.15, 0.2) is 36.4 Å². The average molecular weight is 272 g/mol. The molecule has 0 aromatic heterocycles. The van der Waals surface area contributed by atoms with Gasteiger partial charge in [-0.1, -0.05) is 18.2 Å². The van der Waals surface area contributed by atoms with Gasteiger partial charge in [-0.3, -0.25) is 0 Å². The maximum atomic E-state index is 13.3. The molecule has 2 nitrogen and oxygen atoms in total. The van der Waals surface area contributed by atoms with Crippen LogP contribution >= 0.6 is 0 Å². The second-order valence-corrected chi connectivity index (χ2v) is 5.35. The Kier molecular flexibility index (Phi) is 3.22. The Morgan fingerprint density at radius 2 is 1.85 bits per heavy atom. The van der Waals surface area contributed by atoms with Gasteiger partial charge < -0.3 is 9.84 Å². The molecule has 0 fully saturated rings. The lowest BCUT2D eigenvalue weighted by Crippen LogP contribution is -2.20. The largest absolute Gasteiger partial charge is 0.485 e. The molecule has 0 radical (unpaired) electrons. The molecule has 1 aliphatic heterocycles. The summed E-state index contributed by atoms with van der Waals surface area (Å²) in [4.78, 5) is 0. The zero-order chi connectivity index (χ0) is 14.3. The van der Waals surface area contributed by atoms with Crippen LogP contribution in [0.1, 0.15) is 40.9 Å². The van der Waals surface area contributed by atoms with Crippen molar-refractivity contribution in [1.29, 1.82) is 0 Å². The number of hydrogen-bond acceptors (Lipinski definition) is 2. The Morgan fingerprint density at radius 3 is 2.55 bits per heavy atom. The first kappa shape index (κ1) is 13.1.